The number of rotatable bonds is 4. The molecule has 110 valence electrons. The summed E-state index contributed by atoms with van der Waals surface area (Å²) in [4.78, 5) is 4.23. The fraction of sp³-hybridized carbons (Fsp3) is 0.353. The smallest absolute Gasteiger partial charge is 0.161 e. The summed E-state index contributed by atoms with van der Waals surface area (Å²) in [5, 5.41) is 3.56. The van der Waals surface area contributed by atoms with E-state index in [0.717, 1.165) is 24.5 Å². The van der Waals surface area contributed by atoms with Gasteiger partial charge in [0.2, 0.25) is 0 Å². The van der Waals surface area contributed by atoms with Crippen LogP contribution < -0.4 is 14.8 Å². The Morgan fingerprint density at radius 1 is 1.33 bits per heavy atom. The summed E-state index contributed by atoms with van der Waals surface area (Å²) in [6, 6.07) is 8.43. The van der Waals surface area contributed by atoms with Gasteiger partial charge in [-0.3, -0.25) is 4.98 Å². The van der Waals surface area contributed by atoms with Crippen molar-refractivity contribution in [3.8, 4) is 11.5 Å². The standard InChI is InChI=1S/C17H20N2O2/c1-3-21-16-10-14-12(9-15(16)20-2)6-8-19-17(14)13-5-4-7-18-11-13/h4-5,7,9-11,17,19H,3,6,8H2,1-2H3. The average Bonchev–Trinajstić information content (AvgIpc) is 2.55. The lowest BCUT2D eigenvalue weighted by atomic mass is 9.90. The zero-order chi connectivity index (χ0) is 14.7. The lowest BCUT2D eigenvalue weighted by Gasteiger charge is -2.28. The molecule has 4 heteroatoms. The molecule has 0 radical (unpaired) electrons. The van der Waals surface area contributed by atoms with Crippen LogP contribution in [-0.4, -0.2) is 25.2 Å². The highest BCUT2D eigenvalue weighted by molar-refractivity contribution is 5.51. The van der Waals surface area contributed by atoms with Crippen molar-refractivity contribution in [3.63, 3.8) is 0 Å². The van der Waals surface area contributed by atoms with Crippen molar-refractivity contribution in [2.24, 2.45) is 0 Å². The van der Waals surface area contributed by atoms with Gasteiger partial charge >= 0.3 is 0 Å². The Bertz CT molecular complexity index is 614. The van der Waals surface area contributed by atoms with Gasteiger partial charge in [-0.25, -0.2) is 0 Å². The molecule has 0 saturated carbocycles. The summed E-state index contributed by atoms with van der Waals surface area (Å²) < 4.78 is 11.2. The van der Waals surface area contributed by atoms with E-state index in [1.165, 1.54) is 16.7 Å². The highest BCUT2D eigenvalue weighted by atomic mass is 16.5. The van der Waals surface area contributed by atoms with E-state index in [-0.39, 0.29) is 6.04 Å². The molecule has 0 saturated heterocycles. The maximum absolute atomic E-state index is 5.71. The molecule has 4 nitrogen and oxygen atoms in total. The highest BCUT2D eigenvalue weighted by Gasteiger charge is 2.24. The van der Waals surface area contributed by atoms with Crippen LogP contribution in [-0.2, 0) is 6.42 Å². The lowest BCUT2D eigenvalue weighted by Crippen LogP contribution is -2.30. The summed E-state index contributed by atoms with van der Waals surface area (Å²) in [6.07, 6.45) is 4.71. The largest absolute Gasteiger partial charge is 0.493 e. The zero-order valence-corrected chi connectivity index (χ0v) is 12.4. The first kappa shape index (κ1) is 13.9. The number of methoxy groups -OCH3 is 1. The minimum Gasteiger partial charge on any atom is -0.493 e. The maximum Gasteiger partial charge on any atom is 0.161 e. The summed E-state index contributed by atoms with van der Waals surface area (Å²) in [5.74, 6) is 1.61. The quantitative estimate of drug-likeness (QED) is 0.937. The molecular weight excluding hydrogens is 264 g/mol. The number of fused-ring (bicyclic) bond motifs is 1. The lowest BCUT2D eigenvalue weighted by molar-refractivity contribution is 0.309. The van der Waals surface area contributed by atoms with E-state index < -0.39 is 0 Å². The molecule has 0 amide bonds. The molecule has 1 atom stereocenters. The van der Waals surface area contributed by atoms with Crippen LogP contribution in [0.15, 0.2) is 36.7 Å². The summed E-state index contributed by atoms with van der Waals surface area (Å²) in [7, 11) is 1.68. The molecule has 1 N–H and O–H groups in total. The van der Waals surface area contributed by atoms with Gasteiger partial charge < -0.3 is 14.8 Å². The van der Waals surface area contributed by atoms with E-state index in [2.05, 4.69) is 28.5 Å². The second-order valence-corrected chi connectivity index (χ2v) is 5.06. The van der Waals surface area contributed by atoms with Gasteiger partial charge in [0.15, 0.2) is 11.5 Å². The third-order valence-corrected chi connectivity index (χ3v) is 3.80. The second kappa shape index (κ2) is 6.14. The van der Waals surface area contributed by atoms with Crippen molar-refractivity contribution in [3.05, 3.63) is 53.3 Å². The van der Waals surface area contributed by atoms with Crippen LogP contribution in [0.3, 0.4) is 0 Å². The molecule has 1 aliphatic rings. The van der Waals surface area contributed by atoms with Crippen LogP contribution in [0.1, 0.15) is 29.7 Å². The molecule has 0 bridgehead atoms. The Balaban J connectivity index is 2.06. The molecule has 1 unspecified atom stereocenters. The Morgan fingerprint density at radius 2 is 2.24 bits per heavy atom. The number of hydrogen-bond acceptors (Lipinski definition) is 4. The number of hydrogen-bond donors (Lipinski definition) is 1. The SMILES string of the molecule is CCOc1cc2c(cc1OC)CCNC2c1cccnc1. The molecule has 0 aliphatic carbocycles. The third kappa shape index (κ3) is 2.72. The highest BCUT2D eigenvalue weighted by Crippen LogP contribution is 2.37. The van der Waals surface area contributed by atoms with Crippen LogP contribution in [0, 0.1) is 0 Å². The molecule has 0 spiro atoms. The van der Waals surface area contributed by atoms with E-state index in [1.54, 1.807) is 13.3 Å². The fourth-order valence-corrected chi connectivity index (χ4v) is 2.84. The van der Waals surface area contributed by atoms with E-state index in [4.69, 9.17) is 9.47 Å². The number of nitrogens with zero attached hydrogens (tertiary/aromatic N) is 1. The second-order valence-electron chi connectivity index (χ2n) is 5.06. The predicted molar refractivity (Wildman–Crippen MR) is 81.9 cm³/mol. The number of pyridine rings is 1. The van der Waals surface area contributed by atoms with Crippen LogP contribution >= 0.6 is 0 Å². The van der Waals surface area contributed by atoms with Gasteiger partial charge in [0.1, 0.15) is 0 Å². The average molecular weight is 284 g/mol. The number of aromatic nitrogens is 1. The minimum absolute atomic E-state index is 0.160. The van der Waals surface area contributed by atoms with E-state index in [9.17, 15) is 0 Å². The summed E-state index contributed by atoms with van der Waals surface area (Å²) in [5.41, 5.74) is 3.73. The van der Waals surface area contributed by atoms with Crippen molar-refractivity contribution in [1.29, 1.82) is 0 Å². The first-order valence-corrected chi connectivity index (χ1v) is 7.30. The Hall–Kier alpha value is -2.07. The molecule has 2 heterocycles. The van der Waals surface area contributed by atoms with E-state index in [0.29, 0.717) is 6.61 Å². The predicted octanol–water partition coefficient (Wildman–Crippen LogP) is 2.72. The van der Waals surface area contributed by atoms with Crippen molar-refractivity contribution in [2.45, 2.75) is 19.4 Å². The molecular formula is C17H20N2O2. The minimum atomic E-state index is 0.160. The number of benzene rings is 1. The van der Waals surface area contributed by atoms with Gasteiger partial charge in [-0.2, -0.15) is 0 Å². The molecule has 1 aromatic heterocycles. The van der Waals surface area contributed by atoms with Gasteiger partial charge in [0.25, 0.3) is 0 Å². The number of ether oxygens (including phenoxy) is 2. The summed E-state index contributed by atoms with van der Waals surface area (Å²) in [6.45, 7) is 3.56. The van der Waals surface area contributed by atoms with Crippen molar-refractivity contribution < 1.29 is 9.47 Å². The van der Waals surface area contributed by atoms with Crippen LogP contribution in [0.2, 0.25) is 0 Å². The molecule has 0 fully saturated rings. The Morgan fingerprint density at radius 3 is 2.95 bits per heavy atom. The van der Waals surface area contributed by atoms with E-state index in [1.807, 2.05) is 19.2 Å². The maximum atomic E-state index is 5.71. The Labute approximate surface area is 125 Å². The fourth-order valence-electron chi connectivity index (χ4n) is 2.84. The summed E-state index contributed by atoms with van der Waals surface area (Å²) >= 11 is 0. The van der Waals surface area contributed by atoms with Gasteiger partial charge in [-0.15, -0.1) is 0 Å². The molecule has 3 rings (SSSR count). The van der Waals surface area contributed by atoms with Crippen molar-refractivity contribution in [2.75, 3.05) is 20.3 Å². The zero-order valence-electron chi connectivity index (χ0n) is 12.4. The molecule has 1 aromatic carbocycles. The van der Waals surface area contributed by atoms with Crippen molar-refractivity contribution in [1.82, 2.24) is 10.3 Å². The monoisotopic (exact) mass is 284 g/mol. The molecule has 21 heavy (non-hydrogen) atoms. The molecule has 2 aromatic rings. The normalized spacial score (nSPS) is 17.1. The van der Waals surface area contributed by atoms with Crippen LogP contribution in [0.5, 0.6) is 11.5 Å². The van der Waals surface area contributed by atoms with Crippen LogP contribution in [0.25, 0.3) is 0 Å². The Kier molecular flexibility index (Phi) is 4.06. The van der Waals surface area contributed by atoms with E-state index >= 15 is 0 Å². The third-order valence-electron chi connectivity index (χ3n) is 3.80. The number of nitrogens with one attached hydrogen (secondary N) is 1. The van der Waals surface area contributed by atoms with Gasteiger partial charge in [-0.1, -0.05) is 6.07 Å². The first-order chi connectivity index (χ1) is 10.3. The topological polar surface area (TPSA) is 43.4 Å². The van der Waals surface area contributed by atoms with Gasteiger partial charge in [0.05, 0.1) is 19.8 Å². The molecule has 1 aliphatic heterocycles. The van der Waals surface area contributed by atoms with Gasteiger partial charge in [0, 0.05) is 18.9 Å². The van der Waals surface area contributed by atoms with Crippen molar-refractivity contribution >= 4 is 0 Å². The van der Waals surface area contributed by atoms with Gasteiger partial charge in [-0.05, 0) is 48.2 Å². The first-order valence-electron chi connectivity index (χ1n) is 7.30. The van der Waals surface area contributed by atoms with Crippen LogP contribution in [0.4, 0.5) is 0 Å².